The minimum Gasteiger partial charge on any atom is -0.224 e. The first kappa shape index (κ1) is 8.27. The van der Waals surface area contributed by atoms with E-state index < -0.39 is 9.84 Å². The number of hydrogen-bond acceptors (Lipinski definition) is 2. The molecule has 1 aromatic rings. The van der Waals surface area contributed by atoms with Gasteiger partial charge < -0.3 is 0 Å². The second-order valence-electron chi connectivity index (χ2n) is 2.43. The Labute approximate surface area is 66.8 Å². The van der Waals surface area contributed by atoms with Crippen molar-refractivity contribution in [2.75, 3.05) is 0 Å². The Kier molecular flexibility index (Phi) is 2.00. The first-order valence-electron chi connectivity index (χ1n) is 3.15. The van der Waals surface area contributed by atoms with Gasteiger partial charge >= 0.3 is 0 Å². The smallest absolute Gasteiger partial charge is 0.179 e. The second kappa shape index (κ2) is 2.66. The Hall–Kier alpha value is -0.830. The molecule has 2 nitrogen and oxygen atoms in total. The molecule has 0 aliphatic heterocycles. The van der Waals surface area contributed by atoms with E-state index in [1.165, 1.54) is 0 Å². The maximum Gasteiger partial charge on any atom is 0.179 e. The molecule has 59 valence electrons. The minimum absolute atomic E-state index is 0.267. The predicted molar refractivity (Wildman–Crippen MR) is 43.7 cm³/mol. The van der Waals surface area contributed by atoms with E-state index in [0.29, 0.717) is 0 Å². The Morgan fingerprint density at radius 3 is 2.00 bits per heavy atom. The summed E-state index contributed by atoms with van der Waals surface area (Å²) in [6, 6.07) is 6.60. The molecular weight excluding hydrogens is 160 g/mol. The summed E-state index contributed by atoms with van der Waals surface area (Å²) in [5.41, 5.74) is 1.04. The summed E-state index contributed by atoms with van der Waals surface area (Å²) >= 11 is 0. The van der Waals surface area contributed by atoms with Crippen LogP contribution in [0.25, 0.3) is 0 Å². The van der Waals surface area contributed by atoms with Crippen LogP contribution in [0.2, 0.25) is 0 Å². The molecule has 0 fully saturated rings. The van der Waals surface area contributed by atoms with E-state index in [9.17, 15) is 8.42 Å². The molecule has 0 amide bonds. The lowest BCUT2D eigenvalue weighted by atomic mass is 10.2. The lowest BCUT2D eigenvalue weighted by Crippen LogP contribution is -1.93. The Balaban J connectivity index is 3.20. The van der Waals surface area contributed by atoms with Gasteiger partial charge in [0.1, 0.15) is 0 Å². The largest absolute Gasteiger partial charge is 0.224 e. The summed E-state index contributed by atoms with van der Waals surface area (Å²) in [7, 11) is -3.27. The molecule has 0 N–H and O–H groups in total. The van der Waals surface area contributed by atoms with E-state index in [-0.39, 0.29) is 4.90 Å². The molecule has 3 heteroatoms. The van der Waals surface area contributed by atoms with Crippen LogP contribution >= 0.6 is 0 Å². The highest BCUT2D eigenvalue weighted by molar-refractivity contribution is 7.92. The van der Waals surface area contributed by atoms with Crippen molar-refractivity contribution in [3.63, 3.8) is 0 Å². The van der Waals surface area contributed by atoms with Crippen LogP contribution in [0.4, 0.5) is 0 Å². The van der Waals surface area contributed by atoms with E-state index in [2.05, 4.69) is 6.26 Å². The molecule has 0 saturated heterocycles. The van der Waals surface area contributed by atoms with Gasteiger partial charge in [0.25, 0.3) is 0 Å². The van der Waals surface area contributed by atoms with Gasteiger partial charge in [0.2, 0.25) is 0 Å². The number of hydrogen-bond donors (Lipinski definition) is 0. The monoisotopic (exact) mass is 169 g/mol. The third-order valence-corrected chi connectivity index (χ3v) is 2.37. The topological polar surface area (TPSA) is 34.1 Å². The van der Waals surface area contributed by atoms with Gasteiger partial charge in [-0.15, -0.1) is 0 Å². The van der Waals surface area contributed by atoms with Crippen LogP contribution in [0.1, 0.15) is 5.56 Å². The Morgan fingerprint density at radius 1 is 1.18 bits per heavy atom. The fourth-order valence-corrected chi connectivity index (χ4v) is 1.30. The van der Waals surface area contributed by atoms with Gasteiger partial charge in [-0.05, 0) is 19.1 Å². The molecule has 0 saturated carbocycles. The highest BCUT2D eigenvalue weighted by atomic mass is 32.2. The van der Waals surface area contributed by atoms with Crippen molar-refractivity contribution in [2.24, 2.45) is 0 Å². The molecule has 1 aromatic carbocycles. The van der Waals surface area contributed by atoms with Gasteiger partial charge in [-0.25, -0.2) is 8.42 Å². The fraction of sp³-hybridized carbons (Fsp3) is 0.125. The summed E-state index contributed by atoms with van der Waals surface area (Å²) in [4.78, 5) is 0.267. The molecule has 0 atom stereocenters. The van der Waals surface area contributed by atoms with Crippen LogP contribution in [-0.2, 0) is 9.84 Å². The van der Waals surface area contributed by atoms with Crippen LogP contribution in [0.3, 0.4) is 0 Å². The molecular formula is C8H9O2S. The van der Waals surface area contributed by atoms with Gasteiger partial charge in [-0.2, -0.15) is 0 Å². The molecule has 0 spiro atoms. The van der Waals surface area contributed by atoms with Gasteiger partial charge in [-0.3, -0.25) is 0 Å². The SMILES string of the molecule is [CH2]S(=O)(=O)c1ccc(C)cc1. The van der Waals surface area contributed by atoms with Crippen molar-refractivity contribution in [2.45, 2.75) is 11.8 Å². The lowest BCUT2D eigenvalue weighted by Gasteiger charge is -1.96. The van der Waals surface area contributed by atoms with Crippen molar-refractivity contribution in [3.8, 4) is 0 Å². The normalized spacial score (nSPS) is 11.5. The molecule has 0 heterocycles. The molecule has 0 aliphatic rings. The van der Waals surface area contributed by atoms with Crippen LogP contribution in [0.15, 0.2) is 29.2 Å². The quantitative estimate of drug-likeness (QED) is 0.639. The second-order valence-corrected chi connectivity index (χ2v) is 4.13. The van der Waals surface area contributed by atoms with Gasteiger partial charge in [0.15, 0.2) is 9.84 Å². The zero-order valence-electron chi connectivity index (χ0n) is 6.24. The summed E-state index contributed by atoms with van der Waals surface area (Å²) in [5.74, 6) is 0. The predicted octanol–water partition coefficient (Wildman–Crippen LogP) is 1.56. The minimum atomic E-state index is -3.27. The van der Waals surface area contributed by atoms with Gasteiger partial charge in [-0.1, -0.05) is 17.7 Å². The van der Waals surface area contributed by atoms with Crippen LogP contribution in [0, 0.1) is 13.2 Å². The summed E-state index contributed by atoms with van der Waals surface area (Å²) < 4.78 is 21.7. The van der Waals surface area contributed by atoms with E-state index >= 15 is 0 Å². The van der Waals surface area contributed by atoms with Crippen molar-refractivity contribution in [3.05, 3.63) is 36.1 Å². The highest BCUT2D eigenvalue weighted by Crippen LogP contribution is 2.09. The number of sulfone groups is 1. The zero-order chi connectivity index (χ0) is 8.48. The lowest BCUT2D eigenvalue weighted by molar-refractivity contribution is 0.604. The fourth-order valence-electron chi connectivity index (χ4n) is 0.746. The summed E-state index contributed by atoms with van der Waals surface area (Å²) in [6.45, 7) is 1.90. The Bertz CT molecular complexity index is 335. The van der Waals surface area contributed by atoms with E-state index in [0.717, 1.165) is 5.56 Å². The third kappa shape index (κ3) is 2.05. The van der Waals surface area contributed by atoms with Crippen LogP contribution in [0.5, 0.6) is 0 Å². The highest BCUT2D eigenvalue weighted by Gasteiger charge is 2.04. The maximum absolute atomic E-state index is 10.8. The first-order chi connectivity index (χ1) is 5.00. The van der Waals surface area contributed by atoms with Crippen molar-refractivity contribution >= 4 is 9.84 Å². The van der Waals surface area contributed by atoms with Crippen molar-refractivity contribution < 1.29 is 8.42 Å². The molecule has 0 bridgehead atoms. The van der Waals surface area contributed by atoms with E-state index in [1.54, 1.807) is 24.3 Å². The van der Waals surface area contributed by atoms with Crippen molar-refractivity contribution in [1.82, 2.24) is 0 Å². The van der Waals surface area contributed by atoms with E-state index in [1.807, 2.05) is 6.92 Å². The summed E-state index contributed by atoms with van der Waals surface area (Å²) in [5, 5.41) is 0. The molecule has 1 rings (SSSR count). The van der Waals surface area contributed by atoms with Crippen LogP contribution < -0.4 is 0 Å². The van der Waals surface area contributed by atoms with Gasteiger partial charge in [0, 0.05) is 0 Å². The maximum atomic E-state index is 10.8. The van der Waals surface area contributed by atoms with Crippen LogP contribution in [-0.4, -0.2) is 8.42 Å². The molecule has 0 aliphatic carbocycles. The molecule has 1 radical (unpaired) electrons. The Morgan fingerprint density at radius 2 is 1.64 bits per heavy atom. The number of aryl methyl sites for hydroxylation is 1. The van der Waals surface area contributed by atoms with Gasteiger partial charge in [0.05, 0.1) is 11.2 Å². The first-order valence-corrected chi connectivity index (χ1v) is 4.80. The molecule has 11 heavy (non-hydrogen) atoms. The number of benzene rings is 1. The standard InChI is InChI=1S/C8H9O2S/c1-7-3-5-8(6-4-7)11(2,9)10/h3-6H,2H2,1H3. The average Bonchev–Trinajstić information content (AvgIpc) is 1.86. The molecule has 0 aromatic heterocycles. The average molecular weight is 169 g/mol. The van der Waals surface area contributed by atoms with E-state index in [4.69, 9.17) is 0 Å². The number of rotatable bonds is 1. The zero-order valence-corrected chi connectivity index (χ0v) is 7.06. The summed E-state index contributed by atoms with van der Waals surface area (Å²) in [6.07, 6.45) is 3.04. The van der Waals surface area contributed by atoms with Crippen molar-refractivity contribution in [1.29, 1.82) is 0 Å². The third-order valence-electron chi connectivity index (χ3n) is 1.38. The molecule has 0 unspecified atom stereocenters.